The normalized spacial score (nSPS) is 10.2. The number of hydrogen-bond acceptors (Lipinski definition) is 4. The Bertz CT molecular complexity index is 508. The molecular weight excluding hydrogens is 258 g/mol. The van der Waals surface area contributed by atoms with Crippen LogP contribution in [0.3, 0.4) is 0 Å². The van der Waals surface area contributed by atoms with E-state index in [0.717, 1.165) is 23.5 Å². The molecule has 0 spiro atoms. The second kappa shape index (κ2) is 6.89. The third-order valence-electron chi connectivity index (χ3n) is 2.65. The summed E-state index contributed by atoms with van der Waals surface area (Å²) in [5.74, 6) is 0.0608. The van der Waals surface area contributed by atoms with E-state index in [9.17, 15) is 4.79 Å². The van der Waals surface area contributed by atoms with Gasteiger partial charge in [0.2, 0.25) is 5.91 Å². The molecule has 1 aromatic heterocycles. The highest BCUT2D eigenvalue weighted by molar-refractivity contribution is 7.07. The summed E-state index contributed by atoms with van der Waals surface area (Å²) in [6.45, 7) is 3.31. The van der Waals surface area contributed by atoms with Crippen LogP contribution in [-0.4, -0.2) is 17.4 Å². The Morgan fingerprint density at radius 1 is 1.32 bits per heavy atom. The van der Waals surface area contributed by atoms with Crippen molar-refractivity contribution in [3.05, 3.63) is 46.4 Å². The van der Waals surface area contributed by atoms with Gasteiger partial charge in [0.1, 0.15) is 0 Å². The molecule has 5 heteroatoms. The van der Waals surface area contributed by atoms with Gasteiger partial charge in [0, 0.05) is 17.6 Å². The van der Waals surface area contributed by atoms with E-state index in [1.54, 1.807) is 11.3 Å². The van der Waals surface area contributed by atoms with Crippen LogP contribution in [0.5, 0.6) is 0 Å². The van der Waals surface area contributed by atoms with Crippen molar-refractivity contribution in [1.82, 2.24) is 10.3 Å². The Morgan fingerprint density at radius 2 is 2.11 bits per heavy atom. The average Bonchev–Trinajstić information content (AvgIpc) is 2.91. The standard InChI is InChI=1S/C14H17N3OS/c1-2-15-14(18)7-11-3-5-12(6-4-11)16-8-13-9-19-10-17-13/h3-6,9-10,16H,2,7-8H2,1H3,(H,15,18). The lowest BCUT2D eigenvalue weighted by molar-refractivity contribution is -0.120. The van der Waals surface area contributed by atoms with Crippen LogP contribution in [0.2, 0.25) is 0 Å². The molecule has 0 radical (unpaired) electrons. The Balaban J connectivity index is 1.85. The molecule has 19 heavy (non-hydrogen) atoms. The van der Waals surface area contributed by atoms with Crippen LogP contribution in [0.25, 0.3) is 0 Å². The number of anilines is 1. The summed E-state index contributed by atoms with van der Waals surface area (Å²) in [6, 6.07) is 7.92. The van der Waals surface area contributed by atoms with Crippen LogP contribution in [0.4, 0.5) is 5.69 Å². The highest BCUT2D eigenvalue weighted by Crippen LogP contribution is 2.12. The fraction of sp³-hybridized carbons (Fsp3) is 0.286. The second-order valence-corrected chi connectivity index (χ2v) is 4.88. The smallest absolute Gasteiger partial charge is 0.224 e. The van der Waals surface area contributed by atoms with Crippen LogP contribution < -0.4 is 10.6 Å². The quantitative estimate of drug-likeness (QED) is 0.851. The molecule has 1 aromatic carbocycles. The Kier molecular flexibility index (Phi) is 4.92. The Morgan fingerprint density at radius 3 is 2.74 bits per heavy atom. The lowest BCUT2D eigenvalue weighted by Crippen LogP contribution is -2.24. The first-order valence-corrected chi connectivity index (χ1v) is 7.19. The minimum atomic E-state index is 0.0608. The molecule has 1 heterocycles. The van der Waals surface area contributed by atoms with Gasteiger partial charge in [-0.05, 0) is 24.6 Å². The van der Waals surface area contributed by atoms with Crippen molar-refractivity contribution in [2.24, 2.45) is 0 Å². The molecule has 0 unspecified atom stereocenters. The molecular formula is C14H17N3OS. The number of aromatic nitrogens is 1. The number of benzene rings is 1. The van der Waals surface area contributed by atoms with E-state index >= 15 is 0 Å². The minimum Gasteiger partial charge on any atom is -0.379 e. The van der Waals surface area contributed by atoms with E-state index in [1.807, 2.05) is 42.1 Å². The maximum atomic E-state index is 11.4. The summed E-state index contributed by atoms with van der Waals surface area (Å²) in [5, 5.41) is 8.11. The summed E-state index contributed by atoms with van der Waals surface area (Å²) < 4.78 is 0. The lowest BCUT2D eigenvalue weighted by atomic mass is 10.1. The van der Waals surface area contributed by atoms with Crippen LogP contribution in [-0.2, 0) is 17.8 Å². The van der Waals surface area contributed by atoms with Crippen LogP contribution in [0.15, 0.2) is 35.2 Å². The predicted molar refractivity (Wildman–Crippen MR) is 78.3 cm³/mol. The number of amides is 1. The first-order valence-electron chi connectivity index (χ1n) is 6.24. The molecule has 0 aliphatic rings. The molecule has 4 nitrogen and oxygen atoms in total. The van der Waals surface area contributed by atoms with Gasteiger partial charge < -0.3 is 10.6 Å². The molecule has 0 bridgehead atoms. The van der Waals surface area contributed by atoms with Gasteiger partial charge in [0.15, 0.2) is 0 Å². The molecule has 1 amide bonds. The number of hydrogen-bond donors (Lipinski definition) is 2. The predicted octanol–water partition coefficient (Wildman–Crippen LogP) is 2.43. The van der Waals surface area contributed by atoms with E-state index in [2.05, 4.69) is 15.6 Å². The first-order chi connectivity index (χ1) is 9.28. The van der Waals surface area contributed by atoms with Crippen LogP contribution in [0.1, 0.15) is 18.2 Å². The monoisotopic (exact) mass is 275 g/mol. The molecule has 0 aliphatic carbocycles. The summed E-state index contributed by atoms with van der Waals surface area (Å²) in [7, 11) is 0. The Labute approximate surface area is 116 Å². The SMILES string of the molecule is CCNC(=O)Cc1ccc(NCc2cscn2)cc1. The van der Waals surface area contributed by atoms with E-state index in [0.29, 0.717) is 13.0 Å². The molecule has 0 saturated carbocycles. The van der Waals surface area contributed by atoms with Crippen LogP contribution >= 0.6 is 11.3 Å². The Hall–Kier alpha value is -1.88. The van der Waals surface area contributed by atoms with Gasteiger partial charge >= 0.3 is 0 Å². The molecule has 0 atom stereocenters. The zero-order valence-electron chi connectivity index (χ0n) is 10.8. The summed E-state index contributed by atoms with van der Waals surface area (Å²) in [4.78, 5) is 15.7. The van der Waals surface area contributed by atoms with Gasteiger partial charge in [-0.1, -0.05) is 12.1 Å². The molecule has 0 aliphatic heterocycles. The summed E-state index contributed by atoms with van der Waals surface area (Å²) >= 11 is 1.59. The number of nitrogens with zero attached hydrogens (tertiary/aromatic N) is 1. The zero-order chi connectivity index (χ0) is 13.5. The fourth-order valence-corrected chi connectivity index (χ4v) is 2.26. The molecule has 100 valence electrons. The van der Waals surface area contributed by atoms with Crippen LogP contribution in [0, 0.1) is 0 Å². The number of nitrogens with one attached hydrogen (secondary N) is 2. The maximum Gasteiger partial charge on any atom is 0.224 e. The number of carbonyl (C=O) groups excluding carboxylic acids is 1. The molecule has 2 N–H and O–H groups in total. The molecule has 2 aromatic rings. The van der Waals surface area contributed by atoms with Crippen molar-refractivity contribution >= 4 is 22.9 Å². The summed E-state index contributed by atoms with van der Waals surface area (Å²) in [6.07, 6.45) is 0.431. The minimum absolute atomic E-state index is 0.0608. The topological polar surface area (TPSA) is 54.0 Å². The highest BCUT2D eigenvalue weighted by Gasteiger charge is 2.02. The van der Waals surface area contributed by atoms with Gasteiger partial charge in [-0.3, -0.25) is 4.79 Å². The van der Waals surface area contributed by atoms with E-state index < -0.39 is 0 Å². The van der Waals surface area contributed by atoms with Gasteiger partial charge in [-0.2, -0.15) is 0 Å². The molecule has 2 rings (SSSR count). The third kappa shape index (κ3) is 4.37. The largest absolute Gasteiger partial charge is 0.379 e. The molecule has 0 fully saturated rings. The first kappa shape index (κ1) is 13.5. The second-order valence-electron chi connectivity index (χ2n) is 4.16. The van der Waals surface area contributed by atoms with E-state index in [1.165, 1.54) is 0 Å². The fourth-order valence-electron chi connectivity index (χ4n) is 1.70. The van der Waals surface area contributed by atoms with Crippen molar-refractivity contribution in [2.45, 2.75) is 19.9 Å². The number of carbonyl (C=O) groups is 1. The van der Waals surface area contributed by atoms with Gasteiger partial charge in [0.05, 0.1) is 24.2 Å². The van der Waals surface area contributed by atoms with Crippen molar-refractivity contribution in [3.63, 3.8) is 0 Å². The third-order valence-corrected chi connectivity index (χ3v) is 3.28. The zero-order valence-corrected chi connectivity index (χ0v) is 11.7. The van der Waals surface area contributed by atoms with Crippen molar-refractivity contribution in [1.29, 1.82) is 0 Å². The highest BCUT2D eigenvalue weighted by atomic mass is 32.1. The van der Waals surface area contributed by atoms with E-state index in [4.69, 9.17) is 0 Å². The number of likely N-dealkylation sites (N-methyl/N-ethyl adjacent to an activating group) is 1. The number of rotatable bonds is 6. The molecule has 0 saturated heterocycles. The summed E-state index contributed by atoms with van der Waals surface area (Å²) in [5.41, 5.74) is 4.92. The maximum absolute atomic E-state index is 11.4. The lowest BCUT2D eigenvalue weighted by Gasteiger charge is -2.06. The van der Waals surface area contributed by atoms with Crippen molar-refractivity contribution in [2.75, 3.05) is 11.9 Å². The van der Waals surface area contributed by atoms with Gasteiger partial charge in [-0.15, -0.1) is 11.3 Å². The van der Waals surface area contributed by atoms with Crippen molar-refractivity contribution in [3.8, 4) is 0 Å². The van der Waals surface area contributed by atoms with Gasteiger partial charge in [-0.25, -0.2) is 4.98 Å². The number of thiazole rings is 1. The van der Waals surface area contributed by atoms with E-state index in [-0.39, 0.29) is 5.91 Å². The van der Waals surface area contributed by atoms with Gasteiger partial charge in [0.25, 0.3) is 0 Å². The average molecular weight is 275 g/mol. The van der Waals surface area contributed by atoms with Crippen molar-refractivity contribution < 1.29 is 4.79 Å².